The van der Waals surface area contributed by atoms with E-state index in [1.807, 2.05) is 30.3 Å². The summed E-state index contributed by atoms with van der Waals surface area (Å²) in [5.41, 5.74) is 6.38. The molecule has 1 rings (SSSR count). The van der Waals surface area contributed by atoms with Crippen molar-refractivity contribution in [2.75, 3.05) is 12.3 Å². The van der Waals surface area contributed by atoms with Crippen molar-refractivity contribution in [3.63, 3.8) is 0 Å². The molecule has 0 radical (unpaired) electrons. The number of amides is 2. The van der Waals surface area contributed by atoms with E-state index in [9.17, 15) is 19.2 Å². The lowest BCUT2D eigenvalue weighted by molar-refractivity contribution is -0.139. The fourth-order valence-corrected chi connectivity index (χ4v) is 3.13. The number of carbonyl (C=O) groups is 4. The molecule has 0 aliphatic carbocycles. The zero-order chi connectivity index (χ0) is 22.5. The lowest BCUT2D eigenvalue weighted by Crippen LogP contribution is -2.49. The fraction of sp³-hybridized carbons (Fsp3) is 0.389. The lowest BCUT2D eigenvalue weighted by Gasteiger charge is -2.18. The maximum atomic E-state index is 12.2. The summed E-state index contributed by atoms with van der Waals surface area (Å²) < 4.78 is 0.400. The van der Waals surface area contributed by atoms with Gasteiger partial charge in [0, 0.05) is 18.7 Å². The summed E-state index contributed by atoms with van der Waals surface area (Å²) in [6.07, 6.45) is -0.299. The molecule has 0 spiro atoms. The van der Waals surface area contributed by atoms with Gasteiger partial charge in [0.05, 0.1) is 0 Å². The van der Waals surface area contributed by atoms with Crippen molar-refractivity contribution in [2.45, 2.75) is 31.5 Å². The molecule has 0 saturated carbocycles. The minimum atomic E-state index is -1.23. The number of hydrogen-bond donors (Lipinski definition) is 6. The molecular formula is C18H24N4O6S2. The van der Waals surface area contributed by atoms with Crippen LogP contribution in [0.4, 0.5) is 0 Å². The summed E-state index contributed by atoms with van der Waals surface area (Å²) >= 11 is 6.34. The summed E-state index contributed by atoms with van der Waals surface area (Å²) in [5, 5.41) is 25.2. The topological polar surface area (TPSA) is 171 Å². The number of rotatable bonds is 12. The van der Waals surface area contributed by atoms with Gasteiger partial charge in [0.15, 0.2) is 0 Å². The molecule has 2 atom stereocenters. The van der Waals surface area contributed by atoms with Gasteiger partial charge in [-0.15, -0.1) is 0 Å². The van der Waals surface area contributed by atoms with Crippen LogP contribution in [0, 0.1) is 0 Å². The highest BCUT2D eigenvalue weighted by Crippen LogP contribution is 2.08. The van der Waals surface area contributed by atoms with Crippen molar-refractivity contribution in [1.29, 1.82) is 0 Å². The highest BCUT2D eigenvalue weighted by Gasteiger charge is 2.23. The monoisotopic (exact) mass is 456 g/mol. The summed E-state index contributed by atoms with van der Waals surface area (Å²) in [6.45, 7) is -0.113. The Morgan fingerprint density at radius 3 is 2.37 bits per heavy atom. The Morgan fingerprint density at radius 2 is 1.77 bits per heavy atom. The van der Waals surface area contributed by atoms with Crippen molar-refractivity contribution in [3.05, 3.63) is 35.9 Å². The van der Waals surface area contributed by atoms with Gasteiger partial charge in [-0.3, -0.25) is 19.2 Å². The van der Waals surface area contributed by atoms with Gasteiger partial charge in [0.2, 0.25) is 11.8 Å². The van der Waals surface area contributed by atoms with Gasteiger partial charge in [-0.05, 0) is 12.0 Å². The Hall–Kier alpha value is -2.70. The highest BCUT2D eigenvalue weighted by molar-refractivity contribution is 8.23. The van der Waals surface area contributed by atoms with E-state index in [-0.39, 0.29) is 18.6 Å². The van der Waals surface area contributed by atoms with Crippen molar-refractivity contribution in [3.8, 4) is 0 Å². The number of carbonyl (C=O) groups excluding carboxylic acids is 2. The molecular weight excluding hydrogens is 432 g/mol. The van der Waals surface area contributed by atoms with Crippen molar-refractivity contribution in [1.82, 2.24) is 16.0 Å². The molecule has 0 aliphatic rings. The van der Waals surface area contributed by atoms with E-state index in [0.29, 0.717) is 10.9 Å². The number of carboxylic acid groups (broad SMARTS) is 2. The molecule has 0 heterocycles. The molecule has 7 N–H and O–H groups in total. The minimum Gasteiger partial charge on any atom is -0.480 e. The molecule has 0 saturated heterocycles. The Bertz CT molecular complexity index is 762. The minimum absolute atomic E-state index is 0.0583. The van der Waals surface area contributed by atoms with Gasteiger partial charge in [-0.25, -0.2) is 0 Å². The maximum absolute atomic E-state index is 12.2. The van der Waals surface area contributed by atoms with E-state index >= 15 is 0 Å². The number of benzene rings is 1. The Morgan fingerprint density at radius 1 is 1.10 bits per heavy atom. The quantitative estimate of drug-likeness (QED) is 0.229. The van der Waals surface area contributed by atoms with Crippen LogP contribution in [-0.4, -0.2) is 62.7 Å². The highest BCUT2D eigenvalue weighted by atomic mass is 32.2. The number of thiocarbonyl (C=S) groups is 1. The fourth-order valence-electron chi connectivity index (χ4n) is 2.13. The second-order valence-electron chi connectivity index (χ2n) is 6.15. The van der Waals surface area contributed by atoms with Crippen LogP contribution in [0.1, 0.15) is 18.4 Å². The summed E-state index contributed by atoms with van der Waals surface area (Å²) in [6, 6.07) is 7.26. The first-order chi connectivity index (χ1) is 14.2. The first kappa shape index (κ1) is 25.3. The third kappa shape index (κ3) is 10.7. The summed E-state index contributed by atoms with van der Waals surface area (Å²) in [5.74, 6) is -3.67. The Labute approximate surface area is 183 Å². The van der Waals surface area contributed by atoms with Crippen LogP contribution in [0.5, 0.6) is 0 Å². The van der Waals surface area contributed by atoms with Crippen molar-refractivity contribution < 1.29 is 29.4 Å². The molecule has 0 unspecified atom stereocenters. The largest absolute Gasteiger partial charge is 0.480 e. The predicted molar refractivity (Wildman–Crippen MR) is 116 cm³/mol. The van der Waals surface area contributed by atoms with Crippen LogP contribution in [0.3, 0.4) is 0 Å². The van der Waals surface area contributed by atoms with Gasteiger partial charge in [0.25, 0.3) is 0 Å². The number of nitrogens with two attached hydrogens (primary N) is 1. The zero-order valence-corrected chi connectivity index (χ0v) is 17.6. The smallest absolute Gasteiger partial charge is 0.322 e. The average Bonchev–Trinajstić information content (AvgIpc) is 2.72. The lowest BCUT2D eigenvalue weighted by atomic mass is 10.1. The number of nitrogens with one attached hydrogen (secondary N) is 3. The molecule has 0 aliphatic heterocycles. The van der Waals surface area contributed by atoms with Crippen LogP contribution >= 0.6 is 24.0 Å². The summed E-state index contributed by atoms with van der Waals surface area (Å²) in [7, 11) is 0. The van der Waals surface area contributed by atoms with Crippen LogP contribution < -0.4 is 21.7 Å². The molecule has 10 nitrogen and oxygen atoms in total. The van der Waals surface area contributed by atoms with Gasteiger partial charge in [0.1, 0.15) is 22.9 Å². The first-order valence-electron chi connectivity index (χ1n) is 8.90. The predicted octanol–water partition coefficient (Wildman–Crippen LogP) is -0.328. The molecule has 1 aromatic carbocycles. The van der Waals surface area contributed by atoms with Gasteiger partial charge < -0.3 is 31.9 Å². The zero-order valence-electron chi connectivity index (χ0n) is 16.0. The number of thioether (sulfide) groups is 1. The van der Waals surface area contributed by atoms with E-state index < -0.39 is 42.4 Å². The third-order valence-electron chi connectivity index (χ3n) is 3.73. The standard InChI is InChI=1S/C18H24N4O6S2/c19-12(17(27)28)6-7-14(23)22-13(16(26)20-9-15(24)25)10-30-18(29)21-8-11-4-2-1-3-5-11/h1-5,12-13H,6-10,19H2,(H,20,26)(H,21,29)(H,22,23)(H,24,25)(H,27,28)/t12-,13+/m0/s1. The molecule has 30 heavy (non-hydrogen) atoms. The normalized spacial score (nSPS) is 12.3. The average molecular weight is 457 g/mol. The van der Waals surface area contributed by atoms with Gasteiger partial charge in [-0.2, -0.15) is 0 Å². The summed E-state index contributed by atoms with van der Waals surface area (Å²) in [4.78, 5) is 45.7. The SMILES string of the molecule is N[C@@H](CCC(=O)N[C@H](CSC(=S)NCc1ccccc1)C(=O)NCC(=O)O)C(=O)O. The Balaban J connectivity index is 2.58. The van der Waals surface area contributed by atoms with E-state index in [0.717, 1.165) is 17.3 Å². The van der Waals surface area contributed by atoms with Crippen LogP contribution in [0.2, 0.25) is 0 Å². The molecule has 1 aromatic rings. The van der Waals surface area contributed by atoms with E-state index in [4.69, 9.17) is 28.2 Å². The molecule has 2 amide bonds. The van der Waals surface area contributed by atoms with Crippen molar-refractivity contribution in [2.24, 2.45) is 5.73 Å². The molecule has 0 fully saturated rings. The van der Waals surface area contributed by atoms with Crippen LogP contribution in [0.25, 0.3) is 0 Å². The number of carboxylic acids is 2. The molecule has 0 aromatic heterocycles. The van der Waals surface area contributed by atoms with E-state index in [1.54, 1.807) is 0 Å². The number of hydrogen-bond acceptors (Lipinski definition) is 7. The van der Waals surface area contributed by atoms with Crippen LogP contribution in [-0.2, 0) is 25.7 Å². The van der Waals surface area contributed by atoms with E-state index in [2.05, 4.69) is 16.0 Å². The second kappa shape index (κ2) is 13.5. The van der Waals surface area contributed by atoms with Gasteiger partial charge in [-0.1, -0.05) is 54.3 Å². The third-order valence-corrected chi connectivity index (χ3v) is 5.13. The Kier molecular flexibility index (Phi) is 11.4. The van der Waals surface area contributed by atoms with Crippen LogP contribution in [0.15, 0.2) is 30.3 Å². The molecule has 0 bridgehead atoms. The van der Waals surface area contributed by atoms with E-state index in [1.165, 1.54) is 0 Å². The first-order valence-corrected chi connectivity index (χ1v) is 10.3. The van der Waals surface area contributed by atoms with Gasteiger partial charge >= 0.3 is 11.9 Å². The second-order valence-corrected chi connectivity index (χ2v) is 7.85. The molecule has 12 heteroatoms. The van der Waals surface area contributed by atoms with Crippen molar-refractivity contribution >= 4 is 52.1 Å². The molecule has 164 valence electrons. The maximum Gasteiger partial charge on any atom is 0.322 e. The number of aliphatic carboxylic acids is 2.